The summed E-state index contributed by atoms with van der Waals surface area (Å²) in [5.41, 5.74) is 3.80. The van der Waals surface area contributed by atoms with Gasteiger partial charge in [-0.3, -0.25) is 0 Å². The fourth-order valence-corrected chi connectivity index (χ4v) is 3.81. The molecular formula is C25H27N9. The van der Waals surface area contributed by atoms with Gasteiger partial charge in [0.05, 0.1) is 0 Å². The Bertz CT molecular complexity index is 1270. The monoisotopic (exact) mass is 453 g/mol. The fourth-order valence-electron chi connectivity index (χ4n) is 3.81. The highest BCUT2D eigenvalue weighted by Crippen LogP contribution is 2.23. The summed E-state index contributed by atoms with van der Waals surface area (Å²) in [6, 6.07) is 17.8. The second-order valence-electron chi connectivity index (χ2n) is 8.29. The zero-order valence-electron chi connectivity index (χ0n) is 19.3. The summed E-state index contributed by atoms with van der Waals surface area (Å²) in [5.74, 6) is 2.33. The van der Waals surface area contributed by atoms with Gasteiger partial charge in [-0.25, -0.2) is 19.9 Å². The lowest BCUT2D eigenvalue weighted by Crippen LogP contribution is -2.44. The first-order valence-corrected chi connectivity index (χ1v) is 11.3. The van der Waals surface area contributed by atoms with Crippen LogP contribution in [0.15, 0.2) is 67.0 Å². The van der Waals surface area contributed by atoms with Crippen LogP contribution in [0.25, 0.3) is 11.5 Å². The predicted molar refractivity (Wildman–Crippen MR) is 135 cm³/mol. The molecule has 4 aromatic rings. The Kier molecular flexibility index (Phi) is 6.26. The zero-order chi connectivity index (χ0) is 23.3. The maximum Gasteiger partial charge on any atom is 0.229 e. The van der Waals surface area contributed by atoms with Gasteiger partial charge in [0.25, 0.3) is 0 Å². The van der Waals surface area contributed by atoms with Crippen molar-refractivity contribution in [3.05, 3.63) is 72.7 Å². The van der Waals surface area contributed by atoms with Gasteiger partial charge in [0.15, 0.2) is 5.82 Å². The highest BCUT2D eigenvalue weighted by Gasteiger charge is 2.14. The summed E-state index contributed by atoms with van der Waals surface area (Å²) in [5, 5.41) is 6.56. The number of piperazine rings is 1. The smallest absolute Gasteiger partial charge is 0.229 e. The number of hydrogen-bond acceptors (Lipinski definition) is 9. The van der Waals surface area contributed by atoms with Crippen LogP contribution in [0.5, 0.6) is 0 Å². The van der Waals surface area contributed by atoms with E-state index in [4.69, 9.17) is 0 Å². The Morgan fingerprint density at radius 3 is 2.35 bits per heavy atom. The van der Waals surface area contributed by atoms with Gasteiger partial charge in [0, 0.05) is 55.6 Å². The van der Waals surface area contributed by atoms with Crippen molar-refractivity contribution in [3.63, 3.8) is 0 Å². The van der Waals surface area contributed by atoms with E-state index in [0.717, 1.165) is 43.3 Å². The van der Waals surface area contributed by atoms with Crippen molar-refractivity contribution in [2.45, 2.75) is 6.92 Å². The molecule has 0 saturated carbocycles. The number of nitrogens with one attached hydrogen (secondary N) is 2. The van der Waals surface area contributed by atoms with Crippen LogP contribution >= 0.6 is 0 Å². The van der Waals surface area contributed by atoms with Crippen molar-refractivity contribution >= 4 is 29.0 Å². The zero-order valence-corrected chi connectivity index (χ0v) is 19.3. The third-order valence-corrected chi connectivity index (χ3v) is 5.66. The molecular weight excluding hydrogens is 426 g/mol. The topological polar surface area (TPSA) is 95.0 Å². The Morgan fingerprint density at radius 2 is 1.53 bits per heavy atom. The van der Waals surface area contributed by atoms with Gasteiger partial charge < -0.3 is 20.4 Å². The Morgan fingerprint density at radius 1 is 0.765 bits per heavy atom. The van der Waals surface area contributed by atoms with E-state index in [9.17, 15) is 0 Å². The molecule has 172 valence electrons. The van der Waals surface area contributed by atoms with E-state index in [1.165, 1.54) is 5.69 Å². The molecule has 4 heterocycles. The summed E-state index contributed by atoms with van der Waals surface area (Å²) in [7, 11) is 2.16. The molecule has 1 aliphatic heterocycles. The minimum absolute atomic E-state index is 0.509. The first-order chi connectivity index (χ1) is 16.6. The van der Waals surface area contributed by atoms with Gasteiger partial charge in [-0.1, -0.05) is 12.1 Å². The molecule has 9 nitrogen and oxygen atoms in total. The molecule has 0 unspecified atom stereocenters. The Balaban J connectivity index is 1.29. The van der Waals surface area contributed by atoms with Crippen LogP contribution in [0.1, 0.15) is 5.69 Å². The predicted octanol–water partition coefficient (Wildman–Crippen LogP) is 3.88. The van der Waals surface area contributed by atoms with Crippen LogP contribution in [0, 0.1) is 6.92 Å². The third-order valence-electron chi connectivity index (χ3n) is 5.66. The second kappa shape index (κ2) is 9.80. The number of hydrogen-bond donors (Lipinski definition) is 2. The van der Waals surface area contributed by atoms with Crippen LogP contribution in [0.2, 0.25) is 0 Å². The first kappa shape index (κ1) is 21.7. The van der Waals surface area contributed by atoms with Crippen LogP contribution in [-0.2, 0) is 0 Å². The lowest BCUT2D eigenvalue weighted by atomic mass is 10.2. The SMILES string of the molecule is Cc1cccc(-c2nccc(Nc3ccnc(Nc4cccc(N5CCN(C)CC5)c4)n3)n2)n1. The average Bonchev–Trinajstić information content (AvgIpc) is 2.85. The summed E-state index contributed by atoms with van der Waals surface area (Å²) in [4.78, 5) is 27.2. The summed E-state index contributed by atoms with van der Waals surface area (Å²) < 4.78 is 0. The van der Waals surface area contributed by atoms with E-state index in [1.54, 1.807) is 24.5 Å². The Hall–Kier alpha value is -4.11. The number of anilines is 5. The molecule has 9 heteroatoms. The van der Waals surface area contributed by atoms with Crippen molar-refractivity contribution in [2.24, 2.45) is 0 Å². The first-order valence-electron chi connectivity index (χ1n) is 11.3. The van der Waals surface area contributed by atoms with E-state index in [-0.39, 0.29) is 0 Å². The lowest BCUT2D eigenvalue weighted by molar-refractivity contribution is 0.313. The summed E-state index contributed by atoms with van der Waals surface area (Å²) in [6.45, 7) is 6.13. The molecule has 1 fully saturated rings. The van der Waals surface area contributed by atoms with Crippen LogP contribution in [-0.4, -0.2) is 63.0 Å². The molecule has 1 aliphatic rings. The molecule has 2 N–H and O–H groups in total. The molecule has 0 amide bonds. The number of rotatable bonds is 6. The number of pyridine rings is 1. The van der Waals surface area contributed by atoms with Gasteiger partial charge in [-0.2, -0.15) is 4.98 Å². The van der Waals surface area contributed by atoms with Crippen molar-refractivity contribution < 1.29 is 0 Å². The third kappa shape index (κ3) is 5.26. The minimum atomic E-state index is 0.509. The maximum atomic E-state index is 4.60. The van der Waals surface area contributed by atoms with Crippen molar-refractivity contribution in [1.82, 2.24) is 29.8 Å². The molecule has 0 bridgehead atoms. The van der Waals surface area contributed by atoms with Crippen LogP contribution in [0.3, 0.4) is 0 Å². The molecule has 0 spiro atoms. The van der Waals surface area contributed by atoms with E-state index >= 15 is 0 Å². The minimum Gasteiger partial charge on any atom is -0.369 e. The number of aryl methyl sites for hydroxylation is 1. The molecule has 1 aromatic carbocycles. The van der Waals surface area contributed by atoms with Crippen LogP contribution < -0.4 is 15.5 Å². The van der Waals surface area contributed by atoms with E-state index in [1.807, 2.05) is 31.2 Å². The van der Waals surface area contributed by atoms with Gasteiger partial charge >= 0.3 is 0 Å². The van der Waals surface area contributed by atoms with E-state index < -0.39 is 0 Å². The number of benzene rings is 1. The highest BCUT2D eigenvalue weighted by atomic mass is 15.2. The molecule has 0 radical (unpaired) electrons. The van der Waals surface area contributed by atoms with Gasteiger partial charge in [-0.05, 0) is 56.4 Å². The van der Waals surface area contributed by atoms with Crippen molar-refractivity contribution in [1.29, 1.82) is 0 Å². The van der Waals surface area contributed by atoms with E-state index in [2.05, 4.69) is 70.6 Å². The van der Waals surface area contributed by atoms with E-state index in [0.29, 0.717) is 23.4 Å². The number of aromatic nitrogens is 5. The van der Waals surface area contributed by atoms with Crippen LogP contribution in [0.4, 0.5) is 29.0 Å². The van der Waals surface area contributed by atoms with Gasteiger partial charge in [0.2, 0.25) is 5.95 Å². The molecule has 3 aromatic heterocycles. The van der Waals surface area contributed by atoms with Gasteiger partial charge in [-0.15, -0.1) is 0 Å². The molecule has 0 aliphatic carbocycles. The molecule has 0 atom stereocenters. The number of nitrogens with zero attached hydrogens (tertiary/aromatic N) is 7. The van der Waals surface area contributed by atoms with Crippen molar-refractivity contribution in [3.8, 4) is 11.5 Å². The quantitative estimate of drug-likeness (QED) is 0.451. The molecule has 34 heavy (non-hydrogen) atoms. The molecule has 5 rings (SSSR count). The summed E-state index contributed by atoms with van der Waals surface area (Å²) >= 11 is 0. The van der Waals surface area contributed by atoms with Crippen molar-refractivity contribution in [2.75, 3.05) is 48.8 Å². The standard InChI is InChI=1S/C25H27N9/c1-18-5-3-8-21(28-18)24-26-11-9-22(31-24)30-23-10-12-27-25(32-23)29-19-6-4-7-20(17-19)34-15-13-33(2)14-16-34/h3-12,17H,13-16H2,1-2H3,(H2,26,27,29,30,31,32). The highest BCUT2D eigenvalue weighted by molar-refractivity contribution is 5.63. The summed E-state index contributed by atoms with van der Waals surface area (Å²) in [6.07, 6.45) is 3.42. The Labute approximate surface area is 199 Å². The second-order valence-corrected chi connectivity index (χ2v) is 8.29. The largest absolute Gasteiger partial charge is 0.369 e. The average molecular weight is 454 g/mol. The molecule has 1 saturated heterocycles. The lowest BCUT2D eigenvalue weighted by Gasteiger charge is -2.34. The van der Waals surface area contributed by atoms with Gasteiger partial charge in [0.1, 0.15) is 17.3 Å². The number of likely N-dealkylation sites (N-methyl/N-ethyl adjacent to an activating group) is 1. The maximum absolute atomic E-state index is 4.60. The normalized spacial score (nSPS) is 14.1. The fraction of sp³-hybridized carbons (Fsp3) is 0.240.